The molecule has 2 N–H and O–H groups in total. The fraction of sp³-hybridized carbons (Fsp3) is 0.0800. The van der Waals surface area contributed by atoms with Gasteiger partial charge in [0.05, 0.1) is 17.0 Å². The van der Waals surface area contributed by atoms with Gasteiger partial charge in [-0.1, -0.05) is 40.2 Å². The molecule has 0 saturated carbocycles. The minimum Gasteiger partial charge on any atom is -0.484 e. The Hall–Kier alpha value is -3.91. The van der Waals surface area contributed by atoms with E-state index in [1.54, 1.807) is 65.6 Å². The van der Waals surface area contributed by atoms with Gasteiger partial charge in [0.25, 0.3) is 11.8 Å². The van der Waals surface area contributed by atoms with Crippen LogP contribution in [0.4, 0.5) is 5.69 Å². The van der Waals surface area contributed by atoms with Gasteiger partial charge in [-0.05, 0) is 54.1 Å². The van der Waals surface area contributed by atoms with E-state index in [1.165, 1.54) is 0 Å². The van der Waals surface area contributed by atoms with Gasteiger partial charge in [0, 0.05) is 10.2 Å². The van der Waals surface area contributed by atoms with Crippen LogP contribution in [0, 0.1) is 0 Å². The quantitative estimate of drug-likeness (QED) is 0.439. The summed E-state index contributed by atoms with van der Waals surface area (Å²) in [6, 6.07) is 20.3. The van der Waals surface area contributed by atoms with E-state index in [4.69, 9.17) is 14.9 Å². The molecule has 1 unspecified atom stereocenters. The molecule has 1 aromatic heterocycles. The molecule has 2 heterocycles. The van der Waals surface area contributed by atoms with E-state index in [0.29, 0.717) is 28.0 Å². The summed E-state index contributed by atoms with van der Waals surface area (Å²) >= 11 is 3.41. The third-order valence-corrected chi connectivity index (χ3v) is 5.99. The van der Waals surface area contributed by atoms with Crippen molar-refractivity contribution in [3.63, 3.8) is 0 Å². The van der Waals surface area contributed by atoms with E-state index in [1.807, 2.05) is 12.1 Å². The first-order valence-electron chi connectivity index (χ1n) is 10.1. The first-order valence-corrected chi connectivity index (χ1v) is 10.9. The Morgan fingerprint density at radius 3 is 2.39 bits per heavy atom. The van der Waals surface area contributed by atoms with Crippen molar-refractivity contribution in [2.75, 3.05) is 11.5 Å². The Bertz CT molecular complexity index is 1440. The summed E-state index contributed by atoms with van der Waals surface area (Å²) in [6.45, 7) is -0.245. The van der Waals surface area contributed by atoms with Crippen molar-refractivity contribution in [3.8, 4) is 5.75 Å². The maximum atomic E-state index is 13.5. The largest absolute Gasteiger partial charge is 0.484 e. The van der Waals surface area contributed by atoms with Crippen LogP contribution in [0.1, 0.15) is 27.7 Å². The number of carbonyl (C=O) groups is 2. The van der Waals surface area contributed by atoms with E-state index >= 15 is 0 Å². The van der Waals surface area contributed by atoms with Gasteiger partial charge in [0.15, 0.2) is 12.0 Å². The van der Waals surface area contributed by atoms with Crippen LogP contribution in [0.15, 0.2) is 86.5 Å². The molecule has 0 aliphatic carbocycles. The third-order valence-electron chi connectivity index (χ3n) is 5.46. The average Bonchev–Trinajstić information content (AvgIpc) is 3.11. The van der Waals surface area contributed by atoms with Gasteiger partial charge >= 0.3 is 0 Å². The molecule has 0 saturated heterocycles. The van der Waals surface area contributed by atoms with Crippen LogP contribution >= 0.6 is 15.9 Å². The zero-order valence-electron chi connectivity index (χ0n) is 17.2. The number of para-hydroxylation sites is 1. The third kappa shape index (κ3) is 3.68. The molecule has 4 aromatic rings. The molecule has 33 heavy (non-hydrogen) atoms. The summed E-state index contributed by atoms with van der Waals surface area (Å²) in [7, 11) is 0. The highest BCUT2D eigenvalue weighted by Gasteiger charge is 2.43. The van der Waals surface area contributed by atoms with Crippen molar-refractivity contribution >= 4 is 44.4 Å². The fourth-order valence-corrected chi connectivity index (χ4v) is 4.27. The minimum absolute atomic E-state index is 0.0284. The number of primary amides is 1. The maximum absolute atomic E-state index is 13.5. The first-order chi connectivity index (χ1) is 15.9. The van der Waals surface area contributed by atoms with E-state index in [-0.39, 0.29) is 23.4 Å². The number of nitrogens with two attached hydrogens (primary N) is 1. The average molecular weight is 505 g/mol. The molecule has 0 bridgehead atoms. The molecule has 1 aliphatic rings. The molecular formula is C25H17BrN2O5. The maximum Gasteiger partial charge on any atom is 0.295 e. The number of benzene rings is 3. The van der Waals surface area contributed by atoms with Gasteiger partial charge < -0.3 is 14.9 Å². The van der Waals surface area contributed by atoms with Crippen molar-refractivity contribution in [2.45, 2.75) is 6.04 Å². The number of rotatable bonds is 5. The normalized spacial score (nSPS) is 15.0. The van der Waals surface area contributed by atoms with E-state index in [2.05, 4.69) is 15.9 Å². The highest BCUT2D eigenvalue weighted by atomic mass is 79.9. The van der Waals surface area contributed by atoms with Gasteiger partial charge in [-0.2, -0.15) is 0 Å². The summed E-state index contributed by atoms with van der Waals surface area (Å²) in [5.74, 6) is -0.502. The van der Waals surface area contributed by atoms with Crippen molar-refractivity contribution in [1.82, 2.24) is 0 Å². The van der Waals surface area contributed by atoms with E-state index in [0.717, 1.165) is 4.47 Å². The summed E-state index contributed by atoms with van der Waals surface area (Å²) in [6.07, 6.45) is 0. The van der Waals surface area contributed by atoms with Crippen molar-refractivity contribution < 1.29 is 18.7 Å². The molecule has 8 heteroatoms. The van der Waals surface area contributed by atoms with Crippen molar-refractivity contribution in [1.29, 1.82) is 0 Å². The fourth-order valence-electron chi connectivity index (χ4n) is 4.00. The van der Waals surface area contributed by atoms with Crippen LogP contribution in [-0.2, 0) is 4.79 Å². The highest BCUT2D eigenvalue weighted by Crippen LogP contribution is 2.41. The molecule has 2 amide bonds. The van der Waals surface area contributed by atoms with Crippen LogP contribution < -0.4 is 20.8 Å². The van der Waals surface area contributed by atoms with Gasteiger partial charge in [-0.15, -0.1) is 0 Å². The highest BCUT2D eigenvalue weighted by molar-refractivity contribution is 9.10. The monoisotopic (exact) mass is 504 g/mol. The number of hydrogen-bond acceptors (Lipinski definition) is 5. The van der Waals surface area contributed by atoms with Gasteiger partial charge in [0.2, 0.25) is 5.76 Å². The Morgan fingerprint density at radius 2 is 1.70 bits per heavy atom. The lowest BCUT2D eigenvalue weighted by molar-refractivity contribution is -0.119. The molecular weight excluding hydrogens is 488 g/mol. The van der Waals surface area contributed by atoms with Crippen LogP contribution in [0.25, 0.3) is 11.0 Å². The van der Waals surface area contributed by atoms with Crippen LogP contribution in [0.3, 0.4) is 0 Å². The van der Waals surface area contributed by atoms with Gasteiger partial charge in [-0.25, -0.2) is 0 Å². The summed E-state index contributed by atoms with van der Waals surface area (Å²) in [5.41, 5.74) is 6.85. The number of hydrogen-bond donors (Lipinski definition) is 1. The van der Waals surface area contributed by atoms with Crippen molar-refractivity contribution in [3.05, 3.63) is 104 Å². The van der Waals surface area contributed by atoms with Gasteiger partial charge in [0.1, 0.15) is 11.3 Å². The van der Waals surface area contributed by atoms with Crippen LogP contribution in [-0.4, -0.2) is 18.4 Å². The first kappa shape index (κ1) is 21.0. The lowest BCUT2D eigenvalue weighted by atomic mass is 9.98. The van der Waals surface area contributed by atoms with E-state index < -0.39 is 17.9 Å². The molecule has 5 rings (SSSR count). The second-order valence-corrected chi connectivity index (χ2v) is 8.46. The molecule has 7 nitrogen and oxygen atoms in total. The molecule has 0 spiro atoms. The zero-order chi connectivity index (χ0) is 23.1. The topological polar surface area (TPSA) is 103 Å². The zero-order valence-corrected chi connectivity index (χ0v) is 18.7. The Balaban J connectivity index is 1.68. The number of fused-ring (bicyclic) bond motifs is 2. The summed E-state index contributed by atoms with van der Waals surface area (Å²) in [4.78, 5) is 39.6. The molecule has 1 aliphatic heterocycles. The molecule has 164 valence electrons. The SMILES string of the molecule is NC(=O)COc1ccc(C2c3c(oc4ccccc4c3=O)C(=O)N2c2ccc(Br)cc2)cc1. The second kappa shape index (κ2) is 8.22. The Labute approximate surface area is 196 Å². The standard InChI is InChI=1S/C25H17BrN2O5/c26-15-7-9-16(10-8-15)28-22(14-5-11-17(12-6-14)32-13-20(27)29)21-23(30)18-3-1-2-4-19(18)33-24(21)25(28)31/h1-12,22H,13H2,(H2,27,29). The predicted octanol–water partition coefficient (Wildman–Crippen LogP) is 4.17. The lowest BCUT2D eigenvalue weighted by Crippen LogP contribution is -2.29. The number of ether oxygens (including phenoxy) is 1. The summed E-state index contributed by atoms with van der Waals surface area (Å²) < 4.78 is 12.1. The number of anilines is 1. The van der Waals surface area contributed by atoms with Gasteiger partial charge in [-0.3, -0.25) is 19.3 Å². The van der Waals surface area contributed by atoms with E-state index in [9.17, 15) is 14.4 Å². The molecule has 0 radical (unpaired) electrons. The molecule has 3 aromatic carbocycles. The predicted molar refractivity (Wildman–Crippen MR) is 126 cm³/mol. The minimum atomic E-state index is -0.695. The van der Waals surface area contributed by atoms with Crippen LogP contribution in [0.2, 0.25) is 0 Å². The lowest BCUT2D eigenvalue weighted by Gasteiger charge is -2.25. The summed E-state index contributed by atoms with van der Waals surface area (Å²) in [5, 5.41) is 0.410. The molecule has 1 atom stereocenters. The number of amides is 2. The second-order valence-electron chi connectivity index (χ2n) is 7.55. The van der Waals surface area contributed by atoms with Crippen molar-refractivity contribution in [2.24, 2.45) is 5.73 Å². The number of halogens is 1. The number of nitrogens with zero attached hydrogens (tertiary/aromatic N) is 1. The smallest absolute Gasteiger partial charge is 0.295 e. The number of carbonyl (C=O) groups excluding carboxylic acids is 2. The Morgan fingerprint density at radius 1 is 1.00 bits per heavy atom. The molecule has 0 fully saturated rings. The Kier molecular flexibility index (Phi) is 5.22. The van der Waals surface area contributed by atoms with Crippen LogP contribution in [0.5, 0.6) is 5.75 Å².